The first-order chi connectivity index (χ1) is 17.9. The molecule has 2 aromatic carbocycles. The molecule has 0 amide bonds. The smallest absolute Gasteiger partial charge is 0.238 e. The molecule has 0 N–H and O–H groups in total. The molecule has 5 rings (SSSR count). The van der Waals surface area contributed by atoms with Crippen LogP contribution in [0.4, 0.5) is 5.88 Å². The van der Waals surface area contributed by atoms with Gasteiger partial charge in [0.25, 0.3) is 0 Å². The van der Waals surface area contributed by atoms with Crippen LogP contribution in [0.3, 0.4) is 0 Å². The molecular weight excluding hydrogens is 741 g/mol. The predicted molar refractivity (Wildman–Crippen MR) is 159 cm³/mol. The van der Waals surface area contributed by atoms with Gasteiger partial charge in [-0.05, 0) is 99.3 Å². The fourth-order valence-corrected chi connectivity index (χ4v) is 6.16. The molecule has 184 valence electrons. The van der Waals surface area contributed by atoms with Crippen molar-refractivity contribution < 1.29 is 18.0 Å². The van der Waals surface area contributed by atoms with Gasteiger partial charge in [-0.2, -0.15) is 5.26 Å². The van der Waals surface area contributed by atoms with Gasteiger partial charge in [0.2, 0.25) is 5.88 Å². The minimum absolute atomic E-state index is 0.156. The molecule has 0 bridgehead atoms. The average molecular weight is 755 g/mol. The van der Waals surface area contributed by atoms with Crippen molar-refractivity contribution in [3.8, 4) is 34.7 Å². The van der Waals surface area contributed by atoms with Gasteiger partial charge in [-0.1, -0.05) is 29.3 Å². The molecule has 0 aliphatic rings. The van der Waals surface area contributed by atoms with Crippen LogP contribution >= 0.6 is 68.4 Å². The van der Waals surface area contributed by atoms with Gasteiger partial charge in [0.05, 0.1) is 25.2 Å². The Hall–Kier alpha value is -2.72. The summed E-state index contributed by atoms with van der Waals surface area (Å²) in [7, 11) is 0. The molecule has 0 saturated heterocycles. The van der Waals surface area contributed by atoms with Crippen molar-refractivity contribution in [1.29, 1.82) is 5.26 Å². The third-order valence-electron chi connectivity index (χ3n) is 5.25. The Morgan fingerprint density at radius 3 is 2.30 bits per heavy atom. The molecule has 0 fully saturated rings. The molecule has 0 spiro atoms. The number of hydrogen-bond acceptors (Lipinski definition) is 6. The number of aliphatic imine (C=N–C) groups is 1. The lowest BCUT2D eigenvalue weighted by atomic mass is 10.1. The summed E-state index contributed by atoms with van der Waals surface area (Å²) in [6.45, 7) is 0.304. The summed E-state index contributed by atoms with van der Waals surface area (Å²) in [6.07, 6.45) is 4.71. The van der Waals surface area contributed by atoms with E-state index >= 15 is 0 Å². The van der Waals surface area contributed by atoms with E-state index in [4.69, 9.17) is 41.2 Å². The fraction of sp³-hybridized carbons (Fsp3) is 0.0370. The Balaban J connectivity index is 1.44. The molecule has 0 atom stereocenters. The topological polar surface area (TPSA) is 84.8 Å². The number of nitriles is 1. The molecule has 37 heavy (non-hydrogen) atoms. The summed E-state index contributed by atoms with van der Waals surface area (Å²) in [5.41, 5.74) is 2.39. The maximum atomic E-state index is 9.93. The van der Waals surface area contributed by atoms with Crippen LogP contribution in [0.2, 0.25) is 10.0 Å². The van der Waals surface area contributed by atoms with Crippen molar-refractivity contribution in [1.82, 2.24) is 0 Å². The molecule has 0 aliphatic heterocycles. The molecule has 6 nitrogen and oxygen atoms in total. The largest absolute Gasteiger partial charge is 0.487 e. The third-order valence-corrected chi connectivity index (χ3v) is 7.44. The van der Waals surface area contributed by atoms with E-state index in [1.165, 1.54) is 12.5 Å². The van der Waals surface area contributed by atoms with Crippen molar-refractivity contribution >= 4 is 80.5 Å². The number of furan rings is 3. The van der Waals surface area contributed by atoms with Crippen LogP contribution in [0.25, 0.3) is 22.8 Å². The Bertz CT molecular complexity index is 1610. The summed E-state index contributed by atoms with van der Waals surface area (Å²) in [4.78, 5) is 4.50. The highest BCUT2D eigenvalue weighted by Crippen LogP contribution is 2.43. The van der Waals surface area contributed by atoms with Gasteiger partial charge in [-0.15, -0.1) is 0 Å². The first-order valence-corrected chi connectivity index (χ1v) is 13.6. The lowest BCUT2D eigenvalue weighted by Crippen LogP contribution is -2.00. The SMILES string of the molecule is N#Cc1c(N=Cc2cc(I)c(OCc3ccc(Cl)cc3Cl)c(I)c2)oc(-c2ccco2)c1-c1ccco1. The highest BCUT2D eigenvalue weighted by molar-refractivity contribution is 14.1. The van der Waals surface area contributed by atoms with E-state index in [0.717, 1.165) is 24.0 Å². The van der Waals surface area contributed by atoms with Crippen molar-refractivity contribution in [3.63, 3.8) is 0 Å². The van der Waals surface area contributed by atoms with E-state index in [9.17, 15) is 5.26 Å². The Kier molecular flexibility index (Phi) is 7.95. The fourth-order valence-electron chi connectivity index (χ4n) is 3.56. The monoisotopic (exact) mass is 754 g/mol. The van der Waals surface area contributed by atoms with Crippen LogP contribution < -0.4 is 4.74 Å². The molecule has 3 heterocycles. The molecule has 0 unspecified atom stereocenters. The van der Waals surface area contributed by atoms with Crippen LogP contribution in [0.15, 0.2) is 85.4 Å². The predicted octanol–water partition coefficient (Wildman–Crippen LogP) is 9.52. The van der Waals surface area contributed by atoms with Crippen molar-refractivity contribution in [2.45, 2.75) is 6.61 Å². The molecule has 5 aromatic rings. The summed E-state index contributed by atoms with van der Waals surface area (Å²) in [5, 5.41) is 11.1. The summed E-state index contributed by atoms with van der Waals surface area (Å²) >= 11 is 16.7. The minimum Gasteiger partial charge on any atom is -0.487 e. The summed E-state index contributed by atoms with van der Waals surface area (Å²) < 4.78 is 24.9. The standard InChI is InChI=1S/C27H14Cl2I2N2O4/c28-17-6-5-16(19(29)11-17)14-36-25-20(30)9-15(10-21(25)31)13-33-27-18(12-32)24(22-3-1-7-34-22)26(37-27)23-4-2-8-35-23/h1-11,13H,14H2. The van der Waals surface area contributed by atoms with Crippen LogP contribution in [0, 0.1) is 18.5 Å². The Labute approximate surface area is 249 Å². The van der Waals surface area contributed by atoms with E-state index in [1.807, 2.05) is 18.2 Å². The normalized spacial score (nSPS) is 11.2. The second-order valence-corrected chi connectivity index (χ2v) is 10.8. The van der Waals surface area contributed by atoms with Gasteiger partial charge in [0.1, 0.15) is 29.7 Å². The molecule has 0 radical (unpaired) electrons. The maximum absolute atomic E-state index is 9.93. The van der Waals surface area contributed by atoms with Crippen LogP contribution in [0.5, 0.6) is 5.75 Å². The Morgan fingerprint density at radius 2 is 1.68 bits per heavy atom. The quantitative estimate of drug-likeness (QED) is 0.122. The van der Waals surface area contributed by atoms with E-state index in [2.05, 4.69) is 56.2 Å². The zero-order valence-corrected chi connectivity index (χ0v) is 24.5. The number of ether oxygens (including phenoxy) is 1. The van der Waals surface area contributed by atoms with Gasteiger partial charge >= 0.3 is 0 Å². The van der Waals surface area contributed by atoms with Gasteiger partial charge < -0.3 is 18.0 Å². The number of halogens is 4. The highest BCUT2D eigenvalue weighted by atomic mass is 127. The molecule has 0 aliphatic carbocycles. The molecule has 10 heteroatoms. The van der Waals surface area contributed by atoms with Crippen molar-refractivity contribution in [2.75, 3.05) is 0 Å². The third kappa shape index (κ3) is 5.60. The van der Waals surface area contributed by atoms with Crippen LogP contribution in [0.1, 0.15) is 16.7 Å². The van der Waals surface area contributed by atoms with E-state index in [0.29, 0.717) is 39.5 Å². The van der Waals surface area contributed by atoms with Gasteiger partial charge in [0, 0.05) is 21.8 Å². The average Bonchev–Trinajstić information content (AvgIpc) is 3.63. The minimum atomic E-state index is 0.156. The summed E-state index contributed by atoms with van der Waals surface area (Å²) in [5.74, 6) is 2.22. The van der Waals surface area contributed by atoms with Crippen LogP contribution in [-0.2, 0) is 6.61 Å². The Morgan fingerprint density at radius 1 is 0.973 bits per heavy atom. The second-order valence-electron chi connectivity index (χ2n) is 7.65. The first-order valence-electron chi connectivity index (χ1n) is 10.7. The lowest BCUT2D eigenvalue weighted by Gasteiger charge is -2.12. The van der Waals surface area contributed by atoms with Gasteiger partial charge in [0.15, 0.2) is 11.5 Å². The number of benzene rings is 2. The second kappa shape index (κ2) is 11.3. The van der Waals surface area contributed by atoms with Crippen LogP contribution in [-0.4, -0.2) is 6.21 Å². The molecule has 3 aromatic heterocycles. The number of hydrogen-bond donors (Lipinski definition) is 0. The van der Waals surface area contributed by atoms with E-state index in [-0.39, 0.29) is 11.4 Å². The van der Waals surface area contributed by atoms with Crippen molar-refractivity contribution in [3.05, 3.63) is 101 Å². The van der Waals surface area contributed by atoms with Gasteiger partial charge in [-0.25, -0.2) is 4.99 Å². The first kappa shape index (κ1) is 25.9. The van der Waals surface area contributed by atoms with Gasteiger partial charge in [-0.3, -0.25) is 0 Å². The number of rotatable bonds is 7. The maximum Gasteiger partial charge on any atom is 0.238 e. The molecule has 0 saturated carbocycles. The summed E-state index contributed by atoms with van der Waals surface area (Å²) in [6, 6.07) is 18.4. The highest BCUT2D eigenvalue weighted by Gasteiger charge is 2.26. The zero-order valence-electron chi connectivity index (χ0n) is 18.7. The zero-order chi connectivity index (χ0) is 25.9. The lowest BCUT2D eigenvalue weighted by molar-refractivity contribution is 0.302. The molecular formula is C27H14Cl2I2N2O4. The van der Waals surface area contributed by atoms with Crippen molar-refractivity contribution in [2.24, 2.45) is 4.99 Å². The van der Waals surface area contributed by atoms with E-state index in [1.54, 1.807) is 42.6 Å². The number of nitrogens with zero attached hydrogens (tertiary/aromatic N) is 2. The van der Waals surface area contributed by atoms with E-state index < -0.39 is 0 Å².